The summed E-state index contributed by atoms with van der Waals surface area (Å²) in [5.74, 6) is -1.54. The van der Waals surface area contributed by atoms with Gasteiger partial charge in [0, 0.05) is 19.9 Å². The molecule has 0 radical (unpaired) electrons. The molecule has 1 saturated heterocycles. The van der Waals surface area contributed by atoms with Gasteiger partial charge in [-0.3, -0.25) is 4.79 Å². The van der Waals surface area contributed by atoms with Crippen molar-refractivity contribution in [3.8, 4) is 0 Å². The quantitative estimate of drug-likeness (QED) is 0.353. The van der Waals surface area contributed by atoms with Gasteiger partial charge in [0.25, 0.3) is 0 Å². The molecule has 0 saturated carbocycles. The van der Waals surface area contributed by atoms with Gasteiger partial charge in [-0.05, 0) is 0 Å². The largest absolute Gasteiger partial charge is 1.00 e. The molecular weight excluding hydrogens is 185 g/mol. The average Bonchev–Trinajstić information content (AvgIpc) is 2.34. The third-order valence-corrected chi connectivity index (χ3v) is 1.71. The van der Waals surface area contributed by atoms with Crippen LogP contribution in [0.5, 0.6) is 0 Å². The van der Waals surface area contributed by atoms with Gasteiger partial charge in [0.15, 0.2) is 0 Å². The molecular formula is C7H10NNaO4. The molecule has 0 aliphatic carbocycles. The predicted octanol–water partition coefficient (Wildman–Crippen LogP) is -4.97. The van der Waals surface area contributed by atoms with Crippen LogP contribution in [0.3, 0.4) is 0 Å². The molecule has 0 bridgehead atoms. The van der Waals surface area contributed by atoms with E-state index in [1.54, 1.807) is 0 Å². The van der Waals surface area contributed by atoms with Crippen LogP contribution >= 0.6 is 0 Å². The fraction of sp³-hybridized carbons (Fsp3) is 0.714. The van der Waals surface area contributed by atoms with Gasteiger partial charge in [0.1, 0.15) is 6.10 Å². The summed E-state index contributed by atoms with van der Waals surface area (Å²) in [7, 11) is 0. The molecule has 13 heavy (non-hydrogen) atoms. The monoisotopic (exact) mass is 195 g/mol. The molecule has 0 aromatic heterocycles. The smallest absolute Gasteiger partial charge is 0.548 e. The van der Waals surface area contributed by atoms with Crippen LogP contribution in [0.4, 0.5) is 0 Å². The zero-order chi connectivity index (χ0) is 9.14. The van der Waals surface area contributed by atoms with Crippen LogP contribution in [0, 0.1) is 0 Å². The van der Waals surface area contributed by atoms with Gasteiger partial charge < -0.3 is 20.0 Å². The maximum atomic E-state index is 10.5. The van der Waals surface area contributed by atoms with E-state index in [0.29, 0.717) is 13.0 Å². The van der Waals surface area contributed by atoms with Crippen molar-refractivity contribution < 1.29 is 49.0 Å². The van der Waals surface area contributed by atoms with Crippen molar-refractivity contribution in [1.29, 1.82) is 0 Å². The number of hydrogen-bond donors (Lipinski definition) is 1. The van der Waals surface area contributed by atoms with E-state index < -0.39 is 12.0 Å². The second-order valence-electron chi connectivity index (χ2n) is 2.75. The van der Waals surface area contributed by atoms with Crippen molar-refractivity contribution in [2.75, 3.05) is 6.54 Å². The van der Waals surface area contributed by atoms with E-state index in [1.807, 2.05) is 0 Å². The van der Waals surface area contributed by atoms with Crippen LogP contribution < -0.4 is 40.0 Å². The van der Waals surface area contributed by atoms with Crippen LogP contribution in [0.25, 0.3) is 0 Å². The number of nitrogens with one attached hydrogen (secondary N) is 1. The molecule has 0 amide bonds. The third-order valence-electron chi connectivity index (χ3n) is 1.71. The minimum Gasteiger partial charge on any atom is -0.548 e. The van der Waals surface area contributed by atoms with Crippen molar-refractivity contribution in [1.82, 2.24) is 5.32 Å². The molecule has 1 N–H and O–H groups in total. The summed E-state index contributed by atoms with van der Waals surface area (Å²) in [6.45, 7) is 1.69. The standard InChI is InChI=1S/C7H11NO4.Na/c1-4(9)12-5-2-6(7(10)11)8-3-5;/h5-6,8H,2-3H2,1H3,(H,10,11);/q;+1/p-1/t5-,6+;/m1./s1. The number of carboxylic acids is 1. The van der Waals surface area contributed by atoms with E-state index >= 15 is 0 Å². The zero-order valence-corrected chi connectivity index (χ0v) is 9.70. The van der Waals surface area contributed by atoms with Crippen molar-refractivity contribution in [2.45, 2.75) is 25.5 Å². The number of aliphatic carboxylic acids is 1. The number of carbonyl (C=O) groups excluding carboxylic acids is 2. The Morgan fingerprint density at radius 3 is 2.54 bits per heavy atom. The predicted molar refractivity (Wildman–Crippen MR) is 37.0 cm³/mol. The van der Waals surface area contributed by atoms with Crippen molar-refractivity contribution in [3.63, 3.8) is 0 Å². The Balaban J connectivity index is 0.00000144. The number of carbonyl (C=O) groups is 2. The fourth-order valence-corrected chi connectivity index (χ4v) is 1.21. The van der Waals surface area contributed by atoms with Gasteiger partial charge in [0.05, 0.1) is 12.0 Å². The first-order valence-corrected chi connectivity index (χ1v) is 3.71. The molecule has 1 heterocycles. The van der Waals surface area contributed by atoms with Gasteiger partial charge in [0.2, 0.25) is 0 Å². The Bertz CT molecular complexity index is 209. The average molecular weight is 195 g/mol. The van der Waals surface area contributed by atoms with Gasteiger partial charge in [-0.1, -0.05) is 0 Å². The summed E-state index contributed by atoms with van der Waals surface area (Å²) < 4.78 is 4.80. The van der Waals surface area contributed by atoms with E-state index in [2.05, 4.69) is 5.32 Å². The van der Waals surface area contributed by atoms with Gasteiger partial charge in [-0.25, -0.2) is 0 Å². The number of rotatable bonds is 2. The molecule has 1 fully saturated rings. The molecule has 1 rings (SSSR count). The van der Waals surface area contributed by atoms with Crippen LogP contribution in [-0.2, 0) is 14.3 Å². The first kappa shape index (κ1) is 12.9. The Morgan fingerprint density at radius 2 is 2.15 bits per heavy atom. The molecule has 0 unspecified atom stereocenters. The van der Waals surface area contributed by atoms with Crippen LogP contribution in [-0.4, -0.2) is 30.6 Å². The minimum atomic E-state index is -1.15. The van der Waals surface area contributed by atoms with Gasteiger partial charge in [-0.15, -0.1) is 0 Å². The van der Waals surface area contributed by atoms with Crippen molar-refractivity contribution in [2.24, 2.45) is 0 Å². The number of hydrogen-bond acceptors (Lipinski definition) is 5. The summed E-state index contributed by atoms with van der Waals surface area (Å²) in [4.78, 5) is 20.8. The van der Waals surface area contributed by atoms with Crippen molar-refractivity contribution in [3.05, 3.63) is 0 Å². The Kier molecular flexibility index (Phi) is 5.55. The van der Waals surface area contributed by atoms with E-state index in [-0.39, 0.29) is 41.6 Å². The van der Waals surface area contributed by atoms with E-state index in [4.69, 9.17) is 4.74 Å². The molecule has 1 aliphatic rings. The minimum absolute atomic E-state index is 0. The first-order chi connectivity index (χ1) is 5.59. The molecule has 0 aromatic rings. The normalized spacial score (nSPS) is 26.2. The van der Waals surface area contributed by atoms with E-state index in [1.165, 1.54) is 6.92 Å². The van der Waals surface area contributed by atoms with E-state index in [9.17, 15) is 14.7 Å². The van der Waals surface area contributed by atoms with Gasteiger partial charge in [-0.2, -0.15) is 0 Å². The van der Waals surface area contributed by atoms with Gasteiger partial charge >= 0.3 is 35.5 Å². The molecule has 0 spiro atoms. The summed E-state index contributed by atoms with van der Waals surface area (Å²) in [6, 6.07) is -0.686. The summed E-state index contributed by atoms with van der Waals surface area (Å²) in [5, 5.41) is 13.0. The maximum absolute atomic E-state index is 10.5. The van der Waals surface area contributed by atoms with Crippen LogP contribution in [0.15, 0.2) is 0 Å². The van der Waals surface area contributed by atoms with Crippen LogP contribution in [0.1, 0.15) is 13.3 Å². The Hall–Kier alpha value is -0.100. The number of carboxylic acid groups (broad SMARTS) is 1. The summed E-state index contributed by atoms with van der Waals surface area (Å²) in [6.07, 6.45) is -0.0348. The van der Waals surface area contributed by atoms with E-state index in [0.717, 1.165) is 0 Å². The molecule has 68 valence electrons. The molecule has 0 aromatic carbocycles. The van der Waals surface area contributed by atoms with Crippen molar-refractivity contribution >= 4 is 11.9 Å². The summed E-state index contributed by atoms with van der Waals surface area (Å²) in [5.41, 5.74) is 0. The fourth-order valence-electron chi connectivity index (χ4n) is 1.21. The topological polar surface area (TPSA) is 78.5 Å². The Labute approximate surface area is 98.1 Å². The second kappa shape index (κ2) is 5.59. The van der Waals surface area contributed by atoms with Crippen LogP contribution in [0.2, 0.25) is 0 Å². The summed E-state index contributed by atoms with van der Waals surface area (Å²) >= 11 is 0. The molecule has 5 nitrogen and oxygen atoms in total. The zero-order valence-electron chi connectivity index (χ0n) is 7.70. The molecule has 2 atom stereocenters. The number of ether oxygens (including phenoxy) is 1. The molecule has 6 heteroatoms. The molecule has 1 aliphatic heterocycles. The SMILES string of the molecule is CC(=O)O[C@H]1CN[C@H](C(=O)[O-])C1.[Na+]. The number of esters is 1. The maximum Gasteiger partial charge on any atom is 1.00 e. The third kappa shape index (κ3) is 4.08. The Morgan fingerprint density at radius 1 is 1.54 bits per heavy atom. The first-order valence-electron chi connectivity index (χ1n) is 3.71. The second-order valence-corrected chi connectivity index (χ2v) is 2.75.